The summed E-state index contributed by atoms with van der Waals surface area (Å²) in [6, 6.07) is 0.308. The molecule has 0 spiro atoms. The van der Waals surface area contributed by atoms with Crippen LogP contribution in [-0.4, -0.2) is 56.7 Å². The van der Waals surface area contributed by atoms with Gasteiger partial charge < -0.3 is 9.47 Å². The second-order valence-electron chi connectivity index (χ2n) is 6.80. The molecule has 22 heavy (non-hydrogen) atoms. The number of carbonyl (C=O) groups excluding carboxylic acids is 1. The van der Waals surface area contributed by atoms with Crippen LogP contribution in [0.15, 0.2) is 0 Å². The van der Waals surface area contributed by atoms with Crippen molar-refractivity contribution in [1.82, 2.24) is 24.6 Å². The highest BCUT2D eigenvalue weighted by Crippen LogP contribution is 2.24. The smallest absolute Gasteiger partial charge is 0.241 e. The van der Waals surface area contributed by atoms with Crippen LogP contribution in [0, 0.1) is 6.92 Å². The Morgan fingerprint density at radius 3 is 2.55 bits per heavy atom. The van der Waals surface area contributed by atoms with Crippen molar-refractivity contribution >= 4 is 5.91 Å². The van der Waals surface area contributed by atoms with Crippen molar-refractivity contribution in [3.05, 3.63) is 11.6 Å². The van der Waals surface area contributed by atoms with Crippen LogP contribution in [0.25, 0.3) is 0 Å². The van der Waals surface area contributed by atoms with Gasteiger partial charge in [-0.15, -0.1) is 10.2 Å². The predicted octanol–water partition coefficient (Wildman–Crippen LogP) is 1.58. The maximum absolute atomic E-state index is 13.0. The van der Waals surface area contributed by atoms with Crippen LogP contribution >= 0.6 is 0 Å². The number of carbonyl (C=O) groups is 1. The summed E-state index contributed by atoms with van der Waals surface area (Å²) in [6.07, 6.45) is 7.41. The van der Waals surface area contributed by atoms with Crippen LogP contribution in [0.2, 0.25) is 0 Å². The summed E-state index contributed by atoms with van der Waals surface area (Å²) >= 11 is 0. The second kappa shape index (κ2) is 6.36. The Labute approximate surface area is 132 Å². The fourth-order valence-electron chi connectivity index (χ4n) is 3.75. The van der Waals surface area contributed by atoms with Gasteiger partial charge in [0.1, 0.15) is 17.7 Å². The van der Waals surface area contributed by atoms with Crippen molar-refractivity contribution in [2.24, 2.45) is 0 Å². The molecule has 2 heterocycles. The third kappa shape index (κ3) is 2.89. The minimum absolute atomic E-state index is 0.101. The van der Waals surface area contributed by atoms with E-state index in [-0.39, 0.29) is 11.9 Å². The molecule has 0 saturated heterocycles. The standard InChI is InChI=1S/C16H27N5O/c1-12-17-18-15-11-19(2)14(10-21(12)15)16(22)20(3)13-8-6-4-5-7-9-13/h13-14H,4-11H2,1-3H3. The summed E-state index contributed by atoms with van der Waals surface area (Å²) in [6.45, 7) is 3.31. The van der Waals surface area contributed by atoms with Crippen molar-refractivity contribution in [2.45, 2.75) is 70.6 Å². The normalized spacial score (nSPS) is 23.9. The second-order valence-corrected chi connectivity index (χ2v) is 6.80. The highest BCUT2D eigenvalue weighted by Gasteiger charge is 2.34. The van der Waals surface area contributed by atoms with Gasteiger partial charge in [0.2, 0.25) is 5.91 Å². The van der Waals surface area contributed by atoms with Crippen LogP contribution in [0.5, 0.6) is 0 Å². The average molecular weight is 305 g/mol. The number of fused-ring (bicyclic) bond motifs is 1. The van der Waals surface area contributed by atoms with Crippen molar-refractivity contribution in [2.75, 3.05) is 14.1 Å². The zero-order valence-corrected chi connectivity index (χ0v) is 14.0. The molecule has 1 aromatic heterocycles. The third-order valence-electron chi connectivity index (χ3n) is 5.30. The Morgan fingerprint density at radius 1 is 1.18 bits per heavy atom. The first-order valence-electron chi connectivity index (χ1n) is 8.43. The van der Waals surface area contributed by atoms with Gasteiger partial charge in [0.05, 0.1) is 13.1 Å². The number of hydrogen-bond acceptors (Lipinski definition) is 4. The van der Waals surface area contributed by atoms with Gasteiger partial charge in [-0.3, -0.25) is 9.69 Å². The van der Waals surface area contributed by atoms with Crippen LogP contribution in [0.4, 0.5) is 0 Å². The number of aryl methyl sites for hydroxylation is 1. The fourth-order valence-corrected chi connectivity index (χ4v) is 3.75. The molecule has 6 heteroatoms. The first kappa shape index (κ1) is 15.5. The molecule has 1 aliphatic carbocycles. The van der Waals surface area contributed by atoms with Crippen LogP contribution in [-0.2, 0) is 17.9 Å². The summed E-state index contributed by atoms with van der Waals surface area (Å²) in [4.78, 5) is 17.1. The van der Waals surface area contributed by atoms with E-state index in [9.17, 15) is 4.79 Å². The maximum atomic E-state index is 13.0. The van der Waals surface area contributed by atoms with Crippen LogP contribution < -0.4 is 0 Å². The lowest BCUT2D eigenvalue weighted by Gasteiger charge is -2.37. The Kier molecular flexibility index (Phi) is 4.47. The molecular weight excluding hydrogens is 278 g/mol. The quantitative estimate of drug-likeness (QED) is 0.779. The van der Waals surface area contributed by atoms with Gasteiger partial charge in [-0.1, -0.05) is 25.7 Å². The largest absolute Gasteiger partial charge is 0.341 e. The number of aromatic nitrogens is 3. The van der Waals surface area contributed by atoms with Crippen molar-refractivity contribution in [3.63, 3.8) is 0 Å². The maximum Gasteiger partial charge on any atom is 0.241 e. The molecule has 1 aromatic rings. The zero-order valence-electron chi connectivity index (χ0n) is 14.0. The van der Waals surface area contributed by atoms with Crippen molar-refractivity contribution in [3.8, 4) is 0 Å². The molecule has 0 bridgehead atoms. The monoisotopic (exact) mass is 305 g/mol. The lowest BCUT2D eigenvalue weighted by Crippen LogP contribution is -2.53. The summed E-state index contributed by atoms with van der Waals surface area (Å²) in [5.41, 5.74) is 0. The van der Waals surface area contributed by atoms with Gasteiger partial charge >= 0.3 is 0 Å². The topological polar surface area (TPSA) is 54.3 Å². The van der Waals surface area contributed by atoms with Gasteiger partial charge in [-0.05, 0) is 26.8 Å². The molecule has 3 rings (SSSR count). The SMILES string of the molecule is Cc1nnc2n1CC(C(=O)N(C)C1CCCCCC1)N(C)C2. The van der Waals surface area contributed by atoms with E-state index in [0.717, 1.165) is 24.5 Å². The average Bonchev–Trinajstić information content (AvgIpc) is 2.73. The number of hydrogen-bond donors (Lipinski definition) is 0. The van der Waals surface area contributed by atoms with Gasteiger partial charge in [0.25, 0.3) is 0 Å². The van der Waals surface area contributed by atoms with Gasteiger partial charge in [-0.2, -0.15) is 0 Å². The summed E-state index contributed by atoms with van der Waals surface area (Å²) in [7, 11) is 4.00. The van der Waals surface area contributed by atoms with Gasteiger partial charge in [-0.25, -0.2) is 0 Å². The molecule has 0 N–H and O–H groups in total. The van der Waals surface area contributed by atoms with E-state index >= 15 is 0 Å². The predicted molar refractivity (Wildman–Crippen MR) is 84.3 cm³/mol. The molecule has 0 radical (unpaired) electrons. The Hall–Kier alpha value is -1.43. The Bertz CT molecular complexity index is 533. The zero-order chi connectivity index (χ0) is 15.7. The Balaban J connectivity index is 1.72. The van der Waals surface area contributed by atoms with E-state index in [1.807, 2.05) is 25.9 Å². The van der Waals surface area contributed by atoms with Crippen LogP contribution in [0.3, 0.4) is 0 Å². The summed E-state index contributed by atoms with van der Waals surface area (Å²) in [5.74, 6) is 2.10. The van der Waals surface area contributed by atoms with Gasteiger partial charge in [0.15, 0.2) is 0 Å². The minimum atomic E-state index is -0.101. The molecule has 1 aliphatic heterocycles. The molecule has 1 amide bonds. The number of likely N-dealkylation sites (N-methyl/N-ethyl adjacent to an activating group) is 2. The van der Waals surface area contributed by atoms with E-state index in [1.54, 1.807) is 0 Å². The number of amides is 1. The fraction of sp³-hybridized carbons (Fsp3) is 0.812. The van der Waals surface area contributed by atoms with Crippen molar-refractivity contribution in [1.29, 1.82) is 0 Å². The summed E-state index contributed by atoms with van der Waals surface area (Å²) < 4.78 is 2.09. The minimum Gasteiger partial charge on any atom is -0.341 e. The summed E-state index contributed by atoms with van der Waals surface area (Å²) in [5, 5.41) is 8.33. The molecule has 6 nitrogen and oxygen atoms in total. The number of nitrogens with zero attached hydrogens (tertiary/aromatic N) is 5. The van der Waals surface area contributed by atoms with Crippen molar-refractivity contribution < 1.29 is 4.79 Å². The molecular formula is C16H27N5O. The highest BCUT2D eigenvalue weighted by atomic mass is 16.2. The van der Waals surface area contributed by atoms with E-state index in [4.69, 9.17) is 0 Å². The highest BCUT2D eigenvalue weighted by molar-refractivity contribution is 5.82. The van der Waals surface area contributed by atoms with E-state index in [0.29, 0.717) is 19.1 Å². The van der Waals surface area contributed by atoms with E-state index in [2.05, 4.69) is 19.7 Å². The first-order valence-corrected chi connectivity index (χ1v) is 8.43. The van der Waals surface area contributed by atoms with E-state index < -0.39 is 0 Å². The first-order chi connectivity index (χ1) is 10.6. The molecule has 122 valence electrons. The molecule has 1 unspecified atom stereocenters. The molecule has 2 aliphatic rings. The van der Waals surface area contributed by atoms with E-state index in [1.165, 1.54) is 25.7 Å². The molecule has 1 atom stereocenters. The molecule has 1 fully saturated rings. The van der Waals surface area contributed by atoms with Gasteiger partial charge in [0, 0.05) is 13.1 Å². The molecule has 0 aromatic carbocycles. The van der Waals surface area contributed by atoms with Crippen LogP contribution in [0.1, 0.15) is 50.2 Å². The lowest BCUT2D eigenvalue weighted by atomic mass is 10.1. The number of rotatable bonds is 2. The molecule has 1 saturated carbocycles. The third-order valence-corrected chi connectivity index (χ3v) is 5.30. The lowest BCUT2D eigenvalue weighted by molar-refractivity contribution is -0.139. The Morgan fingerprint density at radius 2 is 1.86 bits per heavy atom.